The lowest BCUT2D eigenvalue weighted by Gasteiger charge is -2.07. The molecule has 2 nitrogen and oxygen atoms in total. The van der Waals surface area contributed by atoms with E-state index in [1.54, 1.807) is 6.07 Å². The molecule has 0 saturated carbocycles. The first-order valence-electron chi connectivity index (χ1n) is 4.27. The Labute approximate surface area is 83.5 Å². The number of likely N-dealkylation sites (N-methyl/N-ethyl adjacent to an activating group) is 1. The number of phenolic OH excluding ortho intramolecular Hbond substituents is 1. The number of aryl methyl sites for hydroxylation is 1. The van der Waals surface area contributed by atoms with Crippen molar-refractivity contribution in [1.29, 1.82) is 0 Å². The van der Waals surface area contributed by atoms with Crippen molar-refractivity contribution in [3.05, 3.63) is 28.3 Å². The molecular formula is C10H14ClNO. The van der Waals surface area contributed by atoms with Crippen molar-refractivity contribution >= 4 is 11.6 Å². The molecule has 1 aromatic carbocycles. The van der Waals surface area contributed by atoms with Crippen LogP contribution in [-0.4, -0.2) is 18.7 Å². The van der Waals surface area contributed by atoms with E-state index in [4.69, 9.17) is 11.6 Å². The van der Waals surface area contributed by atoms with Crippen LogP contribution in [0.1, 0.15) is 11.1 Å². The van der Waals surface area contributed by atoms with E-state index in [-0.39, 0.29) is 5.75 Å². The summed E-state index contributed by atoms with van der Waals surface area (Å²) < 4.78 is 0. The van der Waals surface area contributed by atoms with E-state index in [0.29, 0.717) is 5.02 Å². The predicted octanol–water partition coefficient (Wildman–Crippen LogP) is 2.12. The fourth-order valence-corrected chi connectivity index (χ4v) is 1.42. The van der Waals surface area contributed by atoms with E-state index in [9.17, 15) is 5.11 Å². The number of phenols is 1. The van der Waals surface area contributed by atoms with Crippen LogP contribution in [0.3, 0.4) is 0 Å². The summed E-state index contributed by atoms with van der Waals surface area (Å²) in [4.78, 5) is 0. The van der Waals surface area contributed by atoms with Gasteiger partial charge in [0, 0.05) is 0 Å². The molecule has 0 saturated heterocycles. The highest BCUT2D eigenvalue weighted by molar-refractivity contribution is 6.32. The molecule has 0 aromatic heterocycles. The quantitative estimate of drug-likeness (QED) is 0.782. The van der Waals surface area contributed by atoms with Crippen LogP contribution < -0.4 is 5.32 Å². The predicted molar refractivity (Wildman–Crippen MR) is 55.5 cm³/mol. The number of benzene rings is 1. The molecule has 0 fully saturated rings. The van der Waals surface area contributed by atoms with E-state index in [1.165, 1.54) is 5.56 Å². The minimum Gasteiger partial charge on any atom is -0.506 e. The molecule has 13 heavy (non-hydrogen) atoms. The number of hydrogen-bond acceptors (Lipinski definition) is 2. The minimum absolute atomic E-state index is 0.160. The van der Waals surface area contributed by atoms with Gasteiger partial charge in [0.15, 0.2) is 0 Å². The Morgan fingerprint density at radius 2 is 2.15 bits per heavy atom. The zero-order valence-electron chi connectivity index (χ0n) is 7.89. The first-order chi connectivity index (χ1) is 6.15. The van der Waals surface area contributed by atoms with Gasteiger partial charge in [-0.15, -0.1) is 0 Å². The normalized spacial score (nSPS) is 10.4. The van der Waals surface area contributed by atoms with Gasteiger partial charge in [0.05, 0.1) is 5.02 Å². The van der Waals surface area contributed by atoms with E-state index < -0.39 is 0 Å². The summed E-state index contributed by atoms with van der Waals surface area (Å²) in [6.45, 7) is 2.89. The standard InChI is InChI=1S/C10H14ClNO/c1-7-5-10(13)9(11)6-8(7)3-4-12-2/h5-6,12-13H,3-4H2,1-2H3. The topological polar surface area (TPSA) is 32.3 Å². The van der Waals surface area contributed by atoms with E-state index in [0.717, 1.165) is 18.5 Å². The van der Waals surface area contributed by atoms with Gasteiger partial charge in [-0.2, -0.15) is 0 Å². The lowest BCUT2D eigenvalue weighted by Crippen LogP contribution is -2.10. The van der Waals surface area contributed by atoms with Crippen LogP contribution in [0.2, 0.25) is 5.02 Å². The lowest BCUT2D eigenvalue weighted by molar-refractivity contribution is 0.475. The fourth-order valence-electron chi connectivity index (χ4n) is 1.24. The van der Waals surface area contributed by atoms with E-state index >= 15 is 0 Å². The fraction of sp³-hybridized carbons (Fsp3) is 0.400. The molecule has 0 aliphatic rings. The monoisotopic (exact) mass is 199 g/mol. The molecular weight excluding hydrogens is 186 g/mol. The third-order valence-electron chi connectivity index (χ3n) is 2.05. The Balaban J connectivity index is 2.88. The van der Waals surface area contributed by atoms with Crippen LogP contribution in [-0.2, 0) is 6.42 Å². The largest absolute Gasteiger partial charge is 0.506 e. The van der Waals surface area contributed by atoms with Crippen LogP contribution in [0.25, 0.3) is 0 Å². The molecule has 0 aliphatic heterocycles. The van der Waals surface area contributed by atoms with Crippen LogP contribution in [0.15, 0.2) is 12.1 Å². The first-order valence-corrected chi connectivity index (χ1v) is 4.65. The Morgan fingerprint density at radius 1 is 1.46 bits per heavy atom. The lowest BCUT2D eigenvalue weighted by atomic mass is 10.1. The second-order valence-electron chi connectivity index (χ2n) is 3.08. The molecule has 0 unspecified atom stereocenters. The average Bonchev–Trinajstić information content (AvgIpc) is 2.09. The average molecular weight is 200 g/mol. The number of rotatable bonds is 3. The molecule has 0 aliphatic carbocycles. The molecule has 0 bridgehead atoms. The molecule has 2 N–H and O–H groups in total. The summed E-state index contributed by atoms with van der Waals surface area (Å²) in [6, 6.07) is 3.52. The summed E-state index contributed by atoms with van der Waals surface area (Å²) in [5, 5.41) is 12.8. The molecule has 0 heterocycles. The van der Waals surface area contributed by atoms with Gasteiger partial charge in [-0.05, 0) is 50.2 Å². The van der Waals surface area contributed by atoms with Crippen molar-refractivity contribution in [2.24, 2.45) is 0 Å². The van der Waals surface area contributed by atoms with Gasteiger partial charge in [0.1, 0.15) is 5.75 Å². The van der Waals surface area contributed by atoms with Gasteiger partial charge in [-0.25, -0.2) is 0 Å². The second kappa shape index (κ2) is 4.49. The van der Waals surface area contributed by atoms with Crippen molar-refractivity contribution in [3.63, 3.8) is 0 Å². The van der Waals surface area contributed by atoms with E-state index in [2.05, 4.69) is 5.32 Å². The Morgan fingerprint density at radius 3 is 2.77 bits per heavy atom. The summed E-state index contributed by atoms with van der Waals surface area (Å²) >= 11 is 5.79. The van der Waals surface area contributed by atoms with Gasteiger partial charge in [-0.1, -0.05) is 11.6 Å². The van der Waals surface area contributed by atoms with Gasteiger partial charge in [-0.3, -0.25) is 0 Å². The smallest absolute Gasteiger partial charge is 0.134 e. The maximum absolute atomic E-state index is 9.30. The van der Waals surface area contributed by atoms with Gasteiger partial charge < -0.3 is 10.4 Å². The van der Waals surface area contributed by atoms with Crippen molar-refractivity contribution < 1.29 is 5.11 Å². The van der Waals surface area contributed by atoms with Gasteiger partial charge >= 0.3 is 0 Å². The Bertz CT molecular complexity index is 299. The minimum atomic E-state index is 0.160. The summed E-state index contributed by atoms with van der Waals surface area (Å²) in [5.74, 6) is 0.160. The van der Waals surface area contributed by atoms with Crippen LogP contribution in [0.5, 0.6) is 5.75 Å². The zero-order chi connectivity index (χ0) is 9.84. The molecule has 0 atom stereocenters. The molecule has 0 amide bonds. The van der Waals surface area contributed by atoms with E-state index in [1.807, 2.05) is 20.0 Å². The SMILES string of the molecule is CNCCc1cc(Cl)c(O)cc1C. The maximum Gasteiger partial charge on any atom is 0.134 e. The van der Waals surface area contributed by atoms with Crippen LogP contribution >= 0.6 is 11.6 Å². The van der Waals surface area contributed by atoms with Gasteiger partial charge in [0.25, 0.3) is 0 Å². The highest BCUT2D eigenvalue weighted by atomic mass is 35.5. The van der Waals surface area contributed by atoms with Crippen LogP contribution in [0, 0.1) is 6.92 Å². The Hall–Kier alpha value is -0.730. The first kappa shape index (κ1) is 10.4. The third kappa shape index (κ3) is 2.61. The van der Waals surface area contributed by atoms with Crippen molar-refractivity contribution in [1.82, 2.24) is 5.32 Å². The molecule has 0 spiro atoms. The zero-order valence-corrected chi connectivity index (χ0v) is 8.65. The van der Waals surface area contributed by atoms with Crippen molar-refractivity contribution in [2.45, 2.75) is 13.3 Å². The summed E-state index contributed by atoms with van der Waals surface area (Å²) in [7, 11) is 1.91. The molecule has 1 aromatic rings. The molecule has 1 rings (SSSR count). The number of halogens is 1. The van der Waals surface area contributed by atoms with Gasteiger partial charge in [0.2, 0.25) is 0 Å². The summed E-state index contributed by atoms with van der Waals surface area (Å²) in [6.07, 6.45) is 0.933. The third-order valence-corrected chi connectivity index (χ3v) is 2.35. The maximum atomic E-state index is 9.30. The van der Waals surface area contributed by atoms with Crippen LogP contribution in [0.4, 0.5) is 0 Å². The Kier molecular flexibility index (Phi) is 3.58. The molecule has 0 radical (unpaired) electrons. The highest BCUT2D eigenvalue weighted by Gasteiger charge is 2.03. The van der Waals surface area contributed by atoms with Crippen molar-refractivity contribution in [2.75, 3.05) is 13.6 Å². The highest BCUT2D eigenvalue weighted by Crippen LogP contribution is 2.26. The second-order valence-corrected chi connectivity index (χ2v) is 3.49. The number of hydrogen-bond donors (Lipinski definition) is 2. The molecule has 72 valence electrons. The summed E-state index contributed by atoms with van der Waals surface area (Å²) in [5.41, 5.74) is 2.26. The number of nitrogens with one attached hydrogen (secondary N) is 1. The number of aromatic hydroxyl groups is 1. The van der Waals surface area contributed by atoms with Crippen molar-refractivity contribution in [3.8, 4) is 5.75 Å². The molecule has 3 heteroatoms.